The lowest BCUT2D eigenvalue weighted by atomic mass is 9.82. The molecule has 1 aromatic rings. The van der Waals surface area contributed by atoms with Gasteiger partial charge in [-0.2, -0.15) is 0 Å². The van der Waals surface area contributed by atoms with E-state index in [0.717, 1.165) is 18.4 Å². The zero-order valence-electron chi connectivity index (χ0n) is 11.4. The highest BCUT2D eigenvalue weighted by atomic mass is 79.9. The first-order chi connectivity index (χ1) is 7.93. The van der Waals surface area contributed by atoms with E-state index in [1.807, 2.05) is 0 Å². The van der Waals surface area contributed by atoms with E-state index in [1.165, 1.54) is 5.56 Å². The number of benzene rings is 1. The van der Waals surface area contributed by atoms with Crippen molar-refractivity contribution in [2.24, 2.45) is 11.3 Å². The first kappa shape index (κ1) is 14.7. The molecule has 0 aromatic heterocycles. The minimum Gasteiger partial charge on any atom is -0.302 e. The van der Waals surface area contributed by atoms with Crippen molar-refractivity contribution in [3.05, 3.63) is 35.9 Å². The second kappa shape index (κ2) is 6.55. The maximum Gasteiger partial charge on any atom is 0.0230 e. The highest BCUT2D eigenvalue weighted by molar-refractivity contribution is 9.09. The lowest BCUT2D eigenvalue weighted by molar-refractivity contribution is 0.183. The van der Waals surface area contributed by atoms with Crippen LogP contribution in [-0.4, -0.2) is 23.8 Å². The number of rotatable bonds is 5. The molecule has 2 heteroatoms. The summed E-state index contributed by atoms with van der Waals surface area (Å²) in [5, 5.41) is 1.07. The smallest absolute Gasteiger partial charge is 0.0230 e. The van der Waals surface area contributed by atoms with Gasteiger partial charge in [0.05, 0.1) is 0 Å². The Kier molecular flexibility index (Phi) is 5.68. The largest absolute Gasteiger partial charge is 0.302 e. The second-order valence-electron chi connectivity index (χ2n) is 5.90. The van der Waals surface area contributed by atoms with Gasteiger partial charge in [0.25, 0.3) is 0 Å². The summed E-state index contributed by atoms with van der Waals surface area (Å²) in [4.78, 5) is 2.41. The predicted molar refractivity (Wildman–Crippen MR) is 79.5 cm³/mol. The van der Waals surface area contributed by atoms with Crippen molar-refractivity contribution in [3.63, 3.8) is 0 Å². The Morgan fingerprint density at radius 2 is 1.76 bits per heavy atom. The molecule has 0 aliphatic heterocycles. The van der Waals surface area contributed by atoms with E-state index in [0.29, 0.717) is 11.3 Å². The van der Waals surface area contributed by atoms with Gasteiger partial charge < -0.3 is 4.90 Å². The Morgan fingerprint density at radius 3 is 2.24 bits per heavy atom. The standard InChI is InChI=1S/C15H24BrN/c1-15(2,3)14(10-16)12-17(4)11-13-8-6-5-7-9-13/h5-9,14H,10-12H2,1-4H3. The van der Waals surface area contributed by atoms with Gasteiger partial charge in [0.1, 0.15) is 0 Å². The average Bonchev–Trinajstić information content (AvgIpc) is 2.25. The Hall–Kier alpha value is -0.340. The van der Waals surface area contributed by atoms with Crippen molar-refractivity contribution >= 4 is 15.9 Å². The molecule has 1 rings (SSSR count). The molecule has 0 saturated heterocycles. The molecule has 96 valence electrons. The van der Waals surface area contributed by atoms with Crippen LogP contribution in [0.2, 0.25) is 0 Å². The molecular formula is C15H24BrN. The van der Waals surface area contributed by atoms with Crippen LogP contribution in [0.5, 0.6) is 0 Å². The van der Waals surface area contributed by atoms with E-state index in [1.54, 1.807) is 0 Å². The van der Waals surface area contributed by atoms with Gasteiger partial charge in [0.2, 0.25) is 0 Å². The fraction of sp³-hybridized carbons (Fsp3) is 0.600. The van der Waals surface area contributed by atoms with Crippen molar-refractivity contribution in [3.8, 4) is 0 Å². The molecule has 1 aromatic carbocycles. The van der Waals surface area contributed by atoms with Crippen molar-refractivity contribution in [2.45, 2.75) is 27.3 Å². The fourth-order valence-corrected chi connectivity index (χ4v) is 3.07. The molecule has 1 nitrogen and oxygen atoms in total. The van der Waals surface area contributed by atoms with E-state index < -0.39 is 0 Å². The van der Waals surface area contributed by atoms with Crippen LogP contribution in [0.15, 0.2) is 30.3 Å². The first-order valence-corrected chi connectivity index (χ1v) is 7.34. The van der Waals surface area contributed by atoms with Crippen LogP contribution in [0.25, 0.3) is 0 Å². The minimum absolute atomic E-state index is 0.356. The van der Waals surface area contributed by atoms with E-state index in [4.69, 9.17) is 0 Å². The van der Waals surface area contributed by atoms with E-state index in [-0.39, 0.29) is 0 Å². The van der Waals surface area contributed by atoms with Gasteiger partial charge in [-0.1, -0.05) is 67.0 Å². The Bertz CT molecular complexity index is 315. The second-order valence-corrected chi connectivity index (χ2v) is 6.55. The monoisotopic (exact) mass is 297 g/mol. The third kappa shape index (κ3) is 5.22. The Labute approximate surface area is 114 Å². The summed E-state index contributed by atoms with van der Waals surface area (Å²) in [5.74, 6) is 0.677. The molecule has 0 heterocycles. The van der Waals surface area contributed by atoms with Crippen LogP contribution in [0.4, 0.5) is 0 Å². The van der Waals surface area contributed by atoms with Gasteiger partial charge in [0, 0.05) is 18.4 Å². The van der Waals surface area contributed by atoms with Crippen molar-refractivity contribution in [2.75, 3.05) is 18.9 Å². The maximum absolute atomic E-state index is 3.64. The third-order valence-electron chi connectivity index (χ3n) is 3.24. The highest BCUT2D eigenvalue weighted by Gasteiger charge is 2.24. The van der Waals surface area contributed by atoms with Gasteiger partial charge in [-0.3, -0.25) is 0 Å². The lowest BCUT2D eigenvalue weighted by Crippen LogP contribution is -2.34. The van der Waals surface area contributed by atoms with Crippen molar-refractivity contribution in [1.82, 2.24) is 4.90 Å². The normalized spacial score (nSPS) is 14.0. The van der Waals surface area contributed by atoms with Gasteiger partial charge in [0.15, 0.2) is 0 Å². The molecule has 1 unspecified atom stereocenters. The van der Waals surface area contributed by atoms with Gasteiger partial charge in [-0.25, -0.2) is 0 Å². The van der Waals surface area contributed by atoms with E-state index >= 15 is 0 Å². The molecule has 0 N–H and O–H groups in total. The lowest BCUT2D eigenvalue weighted by Gasteiger charge is -2.32. The van der Waals surface area contributed by atoms with Crippen LogP contribution in [0.3, 0.4) is 0 Å². The molecule has 1 atom stereocenters. The number of hydrogen-bond acceptors (Lipinski definition) is 1. The summed E-state index contributed by atoms with van der Waals surface area (Å²) in [6.45, 7) is 9.10. The highest BCUT2D eigenvalue weighted by Crippen LogP contribution is 2.28. The summed E-state index contributed by atoms with van der Waals surface area (Å²) in [7, 11) is 2.20. The zero-order chi connectivity index (χ0) is 12.9. The van der Waals surface area contributed by atoms with Crippen LogP contribution in [0.1, 0.15) is 26.3 Å². The van der Waals surface area contributed by atoms with Crippen LogP contribution >= 0.6 is 15.9 Å². The summed E-state index contributed by atoms with van der Waals surface area (Å²) < 4.78 is 0. The van der Waals surface area contributed by atoms with E-state index in [9.17, 15) is 0 Å². The summed E-state index contributed by atoms with van der Waals surface area (Å²) in [5.41, 5.74) is 1.74. The molecule has 0 aliphatic rings. The first-order valence-electron chi connectivity index (χ1n) is 6.22. The van der Waals surface area contributed by atoms with Crippen LogP contribution < -0.4 is 0 Å². The van der Waals surface area contributed by atoms with Gasteiger partial charge >= 0.3 is 0 Å². The minimum atomic E-state index is 0.356. The molecular weight excluding hydrogens is 274 g/mol. The number of nitrogens with zero attached hydrogens (tertiary/aromatic N) is 1. The van der Waals surface area contributed by atoms with Crippen LogP contribution in [-0.2, 0) is 6.54 Å². The number of hydrogen-bond donors (Lipinski definition) is 0. The fourth-order valence-electron chi connectivity index (χ4n) is 1.89. The van der Waals surface area contributed by atoms with Crippen molar-refractivity contribution < 1.29 is 0 Å². The average molecular weight is 298 g/mol. The zero-order valence-corrected chi connectivity index (χ0v) is 13.0. The SMILES string of the molecule is CN(Cc1ccccc1)CC(CBr)C(C)(C)C. The summed E-state index contributed by atoms with van der Waals surface area (Å²) in [6, 6.07) is 10.7. The predicted octanol–water partition coefficient (Wildman–Crippen LogP) is 4.18. The summed E-state index contributed by atoms with van der Waals surface area (Å²) >= 11 is 3.64. The molecule has 0 saturated carbocycles. The molecule has 0 amide bonds. The van der Waals surface area contributed by atoms with E-state index in [2.05, 4.69) is 79.0 Å². The molecule has 0 fully saturated rings. The third-order valence-corrected chi connectivity index (χ3v) is 4.02. The van der Waals surface area contributed by atoms with Gasteiger partial charge in [-0.15, -0.1) is 0 Å². The van der Waals surface area contributed by atoms with Crippen LogP contribution in [0, 0.1) is 11.3 Å². The molecule has 0 spiro atoms. The molecule has 0 radical (unpaired) electrons. The van der Waals surface area contributed by atoms with Crippen molar-refractivity contribution in [1.29, 1.82) is 0 Å². The number of alkyl halides is 1. The topological polar surface area (TPSA) is 3.24 Å². The molecule has 0 bridgehead atoms. The number of halogens is 1. The van der Waals surface area contributed by atoms with Gasteiger partial charge in [-0.05, 0) is 23.9 Å². The molecule has 17 heavy (non-hydrogen) atoms. The Morgan fingerprint density at radius 1 is 1.18 bits per heavy atom. The Balaban J connectivity index is 2.51. The molecule has 0 aliphatic carbocycles. The quantitative estimate of drug-likeness (QED) is 0.737. The maximum atomic E-state index is 3.64. The summed E-state index contributed by atoms with van der Waals surface area (Å²) in [6.07, 6.45) is 0.